The van der Waals surface area contributed by atoms with E-state index in [0.717, 1.165) is 33.7 Å². The monoisotopic (exact) mass is 390 g/mol. The Bertz CT molecular complexity index is 1070. The first-order valence-electron chi connectivity index (χ1n) is 9.38. The highest BCUT2D eigenvalue weighted by Crippen LogP contribution is 2.21. The van der Waals surface area contributed by atoms with Crippen LogP contribution >= 0.6 is 11.3 Å². The molecule has 1 amide bonds. The summed E-state index contributed by atoms with van der Waals surface area (Å²) in [6, 6.07) is 18.1. The first kappa shape index (κ1) is 18.4. The summed E-state index contributed by atoms with van der Waals surface area (Å²) in [5.74, 6) is -0.0774. The Morgan fingerprint density at radius 2 is 1.93 bits per heavy atom. The molecule has 2 aromatic carbocycles. The molecule has 0 saturated carbocycles. The number of fused-ring (bicyclic) bond motifs is 1. The van der Waals surface area contributed by atoms with Crippen molar-refractivity contribution in [3.63, 3.8) is 0 Å². The SMILES string of the molecule is C[C@@H](Cn1cnc2ccccc21)C(=O)NCCc1nc(-c2ccccc2)cs1. The molecular weight excluding hydrogens is 368 g/mol. The predicted octanol–water partition coefficient (Wildman–Crippen LogP) is 4.15. The third-order valence-corrected chi connectivity index (χ3v) is 5.61. The first-order valence-corrected chi connectivity index (χ1v) is 10.3. The molecule has 0 aliphatic heterocycles. The van der Waals surface area contributed by atoms with E-state index in [9.17, 15) is 4.79 Å². The number of para-hydroxylation sites is 2. The average molecular weight is 391 g/mol. The Hall–Kier alpha value is -2.99. The Morgan fingerprint density at radius 1 is 1.14 bits per heavy atom. The number of hydrogen-bond donors (Lipinski definition) is 1. The largest absolute Gasteiger partial charge is 0.355 e. The molecule has 5 nitrogen and oxygen atoms in total. The van der Waals surface area contributed by atoms with Crippen LogP contribution in [0.25, 0.3) is 22.3 Å². The number of amides is 1. The number of thiazole rings is 1. The molecule has 0 bridgehead atoms. The van der Waals surface area contributed by atoms with Crippen LogP contribution in [-0.4, -0.2) is 27.0 Å². The van der Waals surface area contributed by atoms with Gasteiger partial charge in [0.05, 0.1) is 34.0 Å². The number of benzene rings is 2. The van der Waals surface area contributed by atoms with Crippen LogP contribution in [0.3, 0.4) is 0 Å². The normalized spacial score (nSPS) is 12.2. The summed E-state index contributed by atoms with van der Waals surface area (Å²) in [7, 11) is 0. The molecule has 0 spiro atoms. The van der Waals surface area contributed by atoms with Gasteiger partial charge in [0.15, 0.2) is 0 Å². The van der Waals surface area contributed by atoms with Gasteiger partial charge in [0, 0.05) is 30.5 Å². The van der Waals surface area contributed by atoms with Crippen LogP contribution in [-0.2, 0) is 17.8 Å². The van der Waals surface area contributed by atoms with Crippen LogP contribution in [0.15, 0.2) is 66.3 Å². The predicted molar refractivity (Wildman–Crippen MR) is 113 cm³/mol. The number of hydrogen-bond acceptors (Lipinski definition) is 4. The van der Waals surface area contributed by atoms with Crippen molar-refractivity contribution in [3.8, 4) is 11.3 Å². The summed E-state index contributed by atoms with van der Waals surface area (Å²) in [5.41, 5.74) is 4.12. The molecule has 2 heterocycles. The maximum atomic E-state index is 12.5. The van der Waals surface area contributed by atoms with Crippen molar-refractivity contribution in [2.45, 2.75) is 19.9 Å². The van der Waals surface area contributed by atoms with Crippen molar-refractivity contribution < 1.29 is 4.79 Å². The summed E-state index contributed by atoms with van der Waals surface area (Å²) in [6.45, 7) is 3.15. The lowest BCUT2D eigenvalue weighted by Gasteiger charge is -2.13. The quantitative estimate of drug-likeness (QED) is 0.516. The second-order valence-corrected chi connectivity index (χ2v) is 7.76. The minimum absolute atomic E-state index is 0.0534. The van der Waals surface area contributed by atoms with E-state index in [-0.39, 0.29) is 11.8 Å². The molecule has 0 fully saturated rings. The van der Waals surface area contributed by atoms with Gasteiger partial charge in [0.2, 0.25) is 5.91 Å². The molecule has 2 aromatic heterocycles. The summed E-state index contributed by atoms with van der Waals surface area (Å²) in [5, 5.41) is 6.14. The fourth-order valence-corrected chi connectivity index (χ4v) is 3.98. The lowest BCUT2D eigenvalue weighted by atomic mass is 10.1. The Balaban J connectivity index is 1.29. The number of nitrogens with one attached hydrogen (secondary N) is 1. The zero-order chi connectivity index (χ0) is 19.3. The topological polar surface area (TPSA) is 59.8 Å². The first-order chi connectivity index (χ1) is 13.7. The maximum absolute atomic E-state index is 12.5. The molecule has 4 aromatic rings. The molecule has 28 heavy (non-hydrogen) atoms. The van der Waals surface area contributed by atoms with Crippen LogP contribution in [0.4, 0.5) is 0 Å². The highest BCUT2D eigenvalue weighted by molar-refractivity contribution is 7.09. The molecule has 0 saturated heterocycles. The standard InChI is InChI=1S/C22H22N4OS/c1-16(13-26-15-24-18-9-5-6-10-20(18)26)22(27)23-12-11-21-25-19(14-28-21)17-7-3-2-4-8-17/h2-10,14-16H,11-13H2,1H3,(H,23,27)/t16-/m0/s1. The van der Waals surface area contributed by atoms with Gasteiger partial charge in [-0.25, -0.2) is 9.97 Å². The minimum atomic E-state index is -0.131. The highest BCUT2D eigenvalue weighted by Gasteiger charge is 2.15. The van der Waals surface area contributed by atoms with Crippen LogP contribution < -0.4 is 5.32 Å². The molecule has 142 valence electrons. The van der Waals surface area contributed by atoms with E-state index in [1.54, 1.807) is 17.7 Å². The lowest BCUT2D eigenvalue weighted by molar-refractivity contribution is -0.124. The van der Waals surface area contributed by atoms with Crippen LogP contribution in [0.2, 0.25) is 0 Å². The van der Waals surface area contributed by atoms with E-state index < -0.39 is 0 Å². The van der Waals surface area contributed by atoms with Gasteiger partial charge in [-0.3, -0.25) is 4.79 Å². The van der Waals surface area contributed by atoms with Gasteiger partial charge in [-0.05, 0) is 12.1 Å². The summed E-state index contributed by atoms with van der Waals surface area (Å²) in [4.78, 5) is 21.5. The fourth-order valence-electron chi connectivity index (χ4n) is 3.17. The van der Waals surface area contributed by atoms with Crippen LogP contribution in [0, 0.1) is 5.92 Å². The highest BCUT2D eigenvalue weighted by atomic mass is 32.1. The second kappa shape index (κ2) is 8.35. The number of imidazole rings is 1. The molecule has 1 N–H and O–H groups in total. The number of carbonyl (C=O) groups is 1. The molecule has 0 unspecified atom stereocenters. The van der Waals surface area contributed by atoms with Crippen LogP contribution in [0.5, 0.6) is 0 Å². The molecule has 4 rings (SSSR count). The zero-order valence-corrected chi connectivity index (χ0v) is 16.5. The van der Waals surface area contributed by atoms with Crippen LogP contribution in [0.1, 0.15) is 11.9 Å². The van der Waals surface area contributed by atoms with Crippen molar-refractivity contribution in [1.82, 2.24) is 19.9 Å². The number of carbonyl (C=O) groups excluding carboxylic acids is 1. The van der Waals surface area contributed by atoms with E-state index in [1.165, 1.54) is 0 Å². The van der Waals surface area contributed by atoms with E-state index in [4.69, 9.17) is 0 Å². The molecule has 0 radical (unpaired) electrons. The van der Waals surface area contributed by atoms with Gasteiger partial charge in [-0.1, -0.05) is 49.4 Å². The van der Waals surface area contributed by atoms with E-state index in [2.05, 4.69) is 32.8 Å². The smallest absolute Gasteiger partial charge is 0.224 e. The van der Waals surface area contributed by atoms with Crippen molar-refractivity contribution >= 4 is 28.3 Å². The molecule has 1 atom stereocenters. The fraction of sp³-hybridized carbons (Fsp3) is 0.227. The number of aromatic nitrogens is 3. The Morgan fingerprint density at radius 3 is 2.79 bits per heavy atom. The summed E-state index contributed by atoms with van der Waals surface area (Å²) < 4.78 is 2.03. The zero-order valence-electron chi connectivity index (χ0n) is 15.7. The number of rotatable bonds is 7. The van der Waals surface area contributed by atoms with E-state index >= 15 is 0 Å². The van der Waals surface area contributed by atoms with Crippen molar-refractivity contribution in [1.29, 1.82) is 0 Å². The van der Waals surface area contributed by atoms with Gasteiger partial charge in [-0.15, -0.1) is 11.3 Å². The molecule has 6 heteroatoms. The third-order valence-electron chi connectivity index (χ3n) is 4.70. The molecular formula is C22H22N4OS. The van der Waals surface area contributed by atoms with Gasteiger partial charge >= 0.3 is 0 Å². The van der Waals surface area contributed by atoms with E-state index in [0.29, 0.717) is 13.1 Å². The Labute approximate surface area is 168 Å². The second-order valence-electron chi connectivity index (χ2n) is 6.82. The molecule has 0 aliphatic rings. The van der Waals surface area contributed by atoms with Crippen molar-refractivity contribution in [2.75, 3.05) is 6.54 Å². The maximum Gasteiger partial charge on any atom is 0.224 e. The Kier molecular flexibility index (Phi) is 5.48. The average Bonchev–Trinajstić information content (AvgIpc) is 3.36. The third kappa shape index (κ3) is 4.12. The van der Waals surface area contributed by atoms with Crippen molar-refractivity contribution in [3.05, 3.63) is 71.3 Å². The summed E-state index contributed by atoms with van der Waals surface area (Å²) >= 11 is 1.63. The minimum Gasteiger partial charge on any atom is -0.355 e. The molecule has 0 aliphatic carbocycles. The number of nitrogens with zero attached hydrogens (tertiary/aromatic N) is 3. The van der Waals surface area contributed by atoms with Gasteiger partial charge in [0.25, 0.3) is 0 Å². The van der Waals surface area contributed by atoms with Gasteiger partial charge in [-0.2, -0.15) is 0 Å². The van der Waals surface area contributed by atoms with Gasteiger partial charge < -0.3 is 9.88 Å². The lowest BCUT2D eigenvalue weighted by Crippen LogP contribution is -2.32. The van der Waals surface area contributed by atoms with E-state index in [1.807, 2.05) is 54.0 Å². The van der Waals surface area contributed by atoms with Gasteiger partial charge in [0.1, 0.15) is 0 Å². The summed E-state index contributed by atoms with van der Waals surface area (Å²) in [6.07, 6.45) is 2.54. The van der Waals surface area contributed by atoms with Crippen molar-refractivity contribution in [2.24, 2.45) is 5.92 Å².